The van der Waals surface area contributed by atoms with Gasteiger partial charge >= 0.3 is 0 Å². The van der Waals surface area contributed by atoms with Crippen LogP contribution in [0, 0.1) is 0 Å². The van der Waals surface area contributed by atoms with Crippen LogP contribution in [-0.4, -0.2) is 22.1 Å². The fraction of sp³-hybridized carbons (Fsp3) is 0.625. The number of allylic oxidation sites excluding steroid dienone is 1. The Morgan fingerprint density at radius 3 is 2.64 bits per heavy atom. The molecule has 5 N–H and O–H groups in total. The molecule has 22 heavy (non-hydrogen) atoms. The molecule has 0 saturated carbocycles. The van der Waals surface area contributed by atoms with Gasteiger partial charge in [0.25, 0.3) is 0 Å². The summed E-state index contributed by atoms with van der Waals surface area (Å²) < 4.78 is 0. The maximum atomic E-state index is 6.13. The van der Waals surface area contributed by atoms with Crippen molar-refractivity contribution < 1.29 is 0 Å². The molecule has 1 aliphatic rings. The minimum atomic E-state index is -0.0710. The molecule has 0 atom stereocenters. The predicted molar refractivity (Wildman–Crippen MR) is 92.6 cm³/mol. The number of aromatic nitrogens is 2. The minimum Gasteiger partial charge on any atom is -0.393 e. The predicted octanol–water partition coefficient (Wildman–Crippen LogP) is 3.08. The standard InChI is InChI=1S/C16H28N6/c1-16(2,3)22-21-15-13(17)14(19-11-20-15)18-10-9-12-7-5-4-6-8-12/h7,11,22H,4-6,8-10,17H2,1-3H3,(H2,18,19,20,21). The molecule has 1 heterocycles. The van der Waals surface area contributed by atoms with Crippen molar-refractivity contribution in [2.24, 2.45) is 0 Å². The SMILES string of the molecule is CC(C)(C)NNc1ncnc(NCCC2=CCCCC2)c1N. The van der Waals surface area contributed by atoms with Crippen LogP contribution in [0.25, 0.3) is 0 Å². The van der Waals surface area contributed by atoms with Gasteiger partial charge in [-0.1, -0.05) is 11.6 Å². The molecule has 2 rings (SSSR count). The van der Waals surface area contributed by atoms with Crippen LogP contribution in [0.5, 0.6) is 0 Å². The molecule has 0 aliphatic heterocycles. The highest BCUT2D eigenvalue weighted by Gasteiger charge is 2.12. The lowest BCUT2D eigenvalue weighted by Gasteiger charge is -2.22. The van der Waals surface area contributed by atoms with Gasteiger partial charge in [-0.25, -0.2) is 15.4 Å². The van der Waals surface area contributed by atoms with Gasteiger partial charge in [0.2, 0.25) is 0 Å². The molecule has 0 radical (unpaired) electrons. The summed E-state index contributed by atoms with van der Waals surface area (Å²) in [5.41, 5.74) is 14.3. The van der Waals surface area contributed by atoms with Crippen LogP contribution in [0.15, 0.2) is 18.0 Å². The van der Waals surface area contributed by atoms with Crippen LogP contribution in [0.2, 0.25) is 0 Å². The van der Waals surface area contributed by atoms with Crippen molar-refractivity contribution in [3.05, 3.63) is 18.0 Å². The Morgan fingerprint density at radius 2 is 1.95 bits per heavy atom. The largest absolute Gasteiger partial charge is 0.393 e. The molecule has 0 amide bonds. The van der Waals surface area contributed by atoms with E-state index < -0.39 is 0 Å². The van der Waals surface area contributed by atoms with Gasteiger partial charge in [-0.05, 0) is 52.9 Å². The number of nitrogens with zero attached hydrogens (tertiary/aromatic N) is 2. The zero-order valence-corrected chi connectivity index (χ0v) is 13.9. The smallest absolute Gasteiger partial charge is 0.169 e. The second-order valence-corrected chi connectivity index (χ2v) is 6.77. The second-order valence-electron chi connectivity index (χ2n) is 6.77. The average Bonchev–Trinajstić information content (AvgIpc) is 2.48. The Balaban J connectivity index is 1.89. The molecule has 1 aromatic rings. The molecule has 122 valence electrons. The van der Waals surface area contributed by atoms with Crippen molar-refractivity contribution >= 4 is 17.3 Å². The number of nitrogens with one attached hydrogen (secondary N) is 3. The summed E-state index contributed by atoms with van der Waals surface area (Å²) in [6.45, 7) is 7.04. The second kappa shape index (κ2) is 7.45. The van der Waals surface area contributed by atoms with E-state index in [2.05, 4.69) is 53.0 Å². The molecule has 0 fully saturated rings. The highest BCUT2D eigenvalue weighted by molar-refractivity contribution is 5.73. The van der Waals surface area contributed by atoms with Crippen molar-refractivity contribution in [1.82, 2.24) is 15.4 Å². The van der Waals surface area contributed by atoms with Crippen LogP contribution in [0.3, 0.4) is 0 Å². The molecule has 1 aromatic heterocycles. The third-order valence-corrected chi connectivity index (χ3v) is 3.56. The van der Waals surface area contributed by atoms with E-state index in [0.717, 1.165) is 13.0 Å². The lowest BCUT2D eigenvalue weighted by Crippen LogP contribution is -2.40. The van der Waals surface area contributed by atoms with E-state index in [1.165, 1.54) is 32.0 Å². The van der Waals surface area contributed by atoms with E-state index in [9.17, 15) is 0 Å². The first-order chi connectivity index (χ1) is 10.5. The van der Waals surface area contributed by atoms with Gasteiger partial charge in [0.05, 0.1) is 0 Å². The third kappa shape index (κ3) is 5.18. The number of nitrogen functional groups attached to an aromatic ring is 1. The maximum absolute atomic E-state index is 6.13. The Labute approximate surface area is 133 Å². The number of nitrogens with two attached hydrogens (primary N) is 1. The average molecular weight is 304 g/mol. The summed E-state index contributed by atoms with van der Waals surface area (Å²) in [6.07, 6.45) is 10.0. The van der Waals surface area contributed by atoms with Gasteiger partial charge in [0, 0.05) is 12.1 Å². The number of hydrazine groups is 1. The maximum Gasteiger partial charge on any atom is 0.169 e. The van der Waals surface area contributed by atoms with Gasteiger partial charge in [0.15, 0.2) is 11.6 Å². The highest BCUT2D eigenvalue weighted by atomic mass is 15.4. The van der Waals surface area contributed by atoms with Crippen LogP contribution in [0.1, 0.15) is 52.9 Å². The number of hydrogen-bond donors (Lipinski definition) is 4. The first-order valence-corrected chi connectivity index (χ1v) is 8.01. The van der Waals surface area contributed by atoms with Gasteiger partial charge in [0.1, 0.15) is 12.0 Å². The highest BCUT2D eigenvalue weighted by Crippen LogP contribution is 2.23. The molecule has 0 unspecified atom stereocenters. The van der Waals surface area contributed by atoms with Gasteiger partial charge in [-0.2, -0.15) is 0 Å². The first kappa shape index (κ1) is 16.5. The van der Waals surface area contributed by atoms with Crippen molar-refractivity contribution in [3.8, 4) is 0 Å². The zero-order chi connectivity index (χ0) is 16.0. The van der Waals surface area contributed by atoms with Gasteiger partial charge in [-0.3, -0.25) is 0 Å². The zero-order valence-electron chi connectivity index (χ0n) is 13.9. The fourth-order valence-corrected chi connectivity index (χ4v) is 2.36. The van der Waals surface area contributed by atoms with Gasteiger partial charge in [-0.15, -0.1) is 0 Å². The molecular formula is C16H28N6. The van der Waals surface area contributed by atoms with E-state index in [4.69, 9.17) is 5.73 Å². The number of hydrogen-bond acceptors (Lipinski definition) is 6. The van der Waals surface area contributed by atoms with Crippen LogP contribution in [-0.2, 0) is 0 Å². The van der Waals surface area contributed by atoms with Crippen LogP contribution in [0.4, 0.5) is 17.3 Å². The van der Waals surface area contributed by atoms with Crippen molar-refractivity contribution in [3.63, 3.8) is 0 Å². The van der Waals surface area contributed by atoms with E-state index in [0.29, 0.717) is 17.3 Å². The Bertz CT molecular complexity index is 518. The van der Waals surface area contributed by atoms with E-state index in [1.54, 1.807) is 5.57 Å². The molecule has 0 saturated heterocycles. The monoisotopic (exact) mass is 304 g/mol. The molecular weight excluding hydrogens is 276 g/mol. The van der Waals surface area contributed by atoms with Gasteiger partial charge < -0.3 is 16.5 Å². The number of anilines is 3. The minimum absolute atomic E-state index is 0.0710. The van der Waals surface area contributed by atoms with Crippen LogP contribution < -0.4 is 21.9 Å². The molecule has 6 heteroatoms. The van der Waals surface area contributed by atoms with E-state index in [1.807, 2.05) is 0 Å². The summed E-state index contributed by atoms with van der Waals surface area (Å²) in [6, 6.07) is 0. The normalized spacial score (nSPS) is 15.3. The van der Waals surface area contributed by atoms with E-state index >= 15 is 0 Å². The molecule has 0 bridgehead atoms. The molecule has 6 nitrogen and oxygen atoms in total. The molecule has 0 aromatic carbocycles. The first-order valence-electron chi connectivity index (χ1n) is 8.01. The van der Waals surface area contributed by atoms with Crippen LogP contribution >= 0.6 is 0 Å². The Hall–Kier alpha value is -1.82. The summed E-state index contributed by atoms with van der Waals surface area (Å²) >= 11 is 0. The third-order valence-electron chi connectivity index (χ3n) is 3.56. The summed E-state index contributed by atoms with van der Waals surface area (Å²) in [7, 11) is 0. The Kier molecular flexibility index (Phi) is 5.60. The lowest BCUT2D eigenvalue weighted by molar-refractivity contribution is 0.464. The van der Waals surface area contributed by atoms with Crippen molar-refractivity contribution in [2.75, 3.05) is 23.0 Å². The van der Waals surface area contributed by atoms with Crippen molar-refractivity contribution in [2.45, 2.75) is 58.4 Å². The topological polar surface area (TPSA) is 87.9 Å². The van der Waals surface area contributed by atoms with Crippen molar-refractivity contribution in [1.29, 1.82) is 0 Å². The number of rotatable bonds is 6. The Morgan fingerprint density at radius 1 is 1.18 bits per heavy atom. The molecule has 0 spiro atoms. The van der Waals surface area contributed by atoms with E-state index in [-0.39, 0.29) is 5.54 Å². The summed E-state index contributed by atoms with van der Waals surface area (Å²) in [4.78, 5) is 8.41. The summed E-state index contributed by atoms with van der Waals surface area (Å²) in [5, 5.41) is 3.31. The molecule has 1 aliphatic carbocycles. The quantitative estimate of drug-likeness (QED) is 0.477. The summed E-state index contributed by atoms with van der Waals surface area (Å²) in [5.74, 6) is 1.29. The fourth-order valence-electron chi connectivity index (χ4n) is 2.36. The lowest BCUT2D eigenvalue weighted by atomic mass is 9.97.